The number of carbonyl (C=O) groups excluding carboxylic acids is 1. The van der Waals surface area contributed by atoms with Crippen molar-refractivity contribution in [1.29, 1.82) is 0 Å². The van der Waals surface area contributed by atoms with E-state index in [1.165, 1.54) is 31.0 Å². The lowest BCUT2D eigenvalue weighted by atomic mass is 10.1. The Kier molecular flexibility index (Phi) is 7.20. The van der Waals surface area contributed by atoms with Crippen LogP contribution < -0.4 is 5.32 Å². The van der Waals surface area contributed by atoms with Crippen molar-refractivity contribution in [2.24, 2.45) is 5.92 Å². The quantitative estimate of drug-likeness (QED) is 0.606. The third-order valence-corrected chi connectivity index (χ3v) is 5.19. The van der Waals surface area contributed by atoms with Crippen molar-refractivity contribution in [2.45, 2.75) is 25.2 Å². The number of aliphatic hydroxyl groups excluding tert-OH is 1. The molecule has 3 rings (SSSR count). The van der Waals surface area contributed by atoms with Crippen LogP contribution in [0.1, 0.15) is 34.3 Å². The molecule has 144 valence electrons. The monoisotopic (exact) mass is 390 g/mol. The predicted molar refractivity (Wildman–Crippen MR) is 104 cm³/mol. The van der Waals surface area contributed by atoms with Gasteiger partial charge in [-0.3, -0.25) is 4.79 Å². The van der Waals surface area contributed by atoms with Crippen molar-refractivity contribution in [3.63, 3.8) is 0 Å². The highest BCUT2D eigenvalue weighted by atomic mass is 32.2. The Morgan fingerprint density at radius 3 is 2.96 bits per heavy atom. The Hall–Kier alpha value is -1.96. The predicted octanol–water partition coefficient (Wildman–Crippen LogP) is 3.63. The van der Waals surface area contributed by atoms with Gasteiger partial charge in [-0.2, -0.15) is 11.8 Å². The summed E-state index contributed by atoms with van der Waals surface area (Å²) < 4.78 is 19.5. The molecule has 1 aromatic heterocycles. The first-order chi connectivity index (χ1) is 13.2. The molecule has 1 saturated carbocycles. The molecule has 0 aliphatic heterocycles. The van der Waals surface area contributed by atoms with Crippen LogP contribution in [0.2, 0.25) is 0 Å². The SMILES string of the molecule is O=C(Nc1cc(CSCCO)ccn1)c1ccc(F)c(COCC2CC2)c1. The van der Waals surface area contributed by atoms with Gasteiger partial charge < -0.3 is 15.2 Å². The molecule has 1 heterocycles. The maximum absolute atomic E-state index is 14.0. The van der Waals surface area contributed by atoms with Gasteiger partial charge in [0.2, 0.25) is 0 Å². The van der Waals surface area contributed by atoms with Crippen molar-refractivity contribution in [1.82, 2.24) is 4.98 Å². The maximum Gasteiger partial charge on any atom is 0.256 e. The number of hydrogen-bond donors (Lipinski definition) is 2. The topological polar surface area (TPSA) is 71.5 Å². The Morgan fingerprint density at radius 2 is 2.19 bits per heavy atom. The number of aromatic nitrogens is 1. The van der Waals surface area contributed by atoms with E-state index in [0.717, 1.165) is 11.3 Å². The molecular formula is C20H23FN2O3S. The number of thioether (sulfide) groups is 1. The van der Waals surface area contributed by atoms with E-state index in [1.54, 1.807) is 24.0 Å². The molecule has 0 saturated heterocycles. The molecule has 2 aromatic rings. The zero-order chi connectivity index (χ0) is 19.1. The van der Waals surface area contributed by atoms with E-state index in [1.807, 2.05) is 6.07 Å². The lowest BCUT2D eigenvalue weighted by molar-refractivity contribution is 0.102. The summed E-state index contributed by atoms with van der Waals surface area (Å²) in [4.78, 5) is 16.6. The number of ether oxygens (including phenoxy) is 1. The van der Waals surface area contributed by atoms with E-state index in [4.69, 9.17) is 9.84 Å². The first-order valence-electron chi connectivity index (χ1n) is 8.97. The summed E-state index contributed by atoms with van der Waals surface area (Å²) in [7, 11) is 0. The number of nitrogens with zero attached hydrogens (tertiary/aromatic N) is 1. The van der Waals surface area contributed by atoms with Crippen LogP contribution in [0.4, 0.5) is 10.2 Å². The minimum Gasteiger partial charge on any atom is -0.396 e. The van der Waals surface area contributed by atoms with E-state index in [0.29, 0.717) is 35.2 Å². The van der Waals surface area contributed by atoms with E-state index in [-0.39, 0.29) is 24.9 Å². The van der Waals surface area contributed by atoms with Crippen molar-refractivity contribution < 1.29 is 19.0 Å². The van der Waals surface area contributed by atoms with Gasteiger partial charge in [0.25, 0.3) is 5.91 Å². The standard InChI is InChI=1S/C20H23FN2O3S/c21-18-4-3-16(10-17(18)12-26-11-14-1-2-14)20(25)23-19-9-15(5-6-22-19)13-27-8-7-24/h3-6,9-10,14,24H,1-2,7-8,11-13H2,(H,22,23,25). The van der Waals surface area contributed by atoms with Gasteiger partial charge >= 0.3 is 0 Å². The van der Waals surface area contributed by atoms with Gasteiger partial charge in [-0.15, -0.1) is 0 Å². The number of anilines is 1. The van der Waals surface area contributed by atoms with Crippen molar-refractivity contribution >= 4 is 23.5 Å². The Balaban J connectivity index is 1.60. The molecule has 0 atom stereocenters. The summed E-state index contributed by atoms with van der Waals surface area (Å²) in [6.45, 7) is 0.941. The van der Waals surface area contributed by atoms with Gasteiger partial charge in [0.1, 0.15) is 11.6 Å². The van der Waals surface area contributed by atoms with Gasteiger partial charge in [0.15, 0.2) is 0 Å². The molecule has 1 fully saturated rings. The summed E-state index contributed by atoms with van der Waals surface area (Å²) in [6.07, 6.45) is 3.98. The lowest BCUT2D eigenvalue weighted by Gasteiger charge is -2.09. The number of hydrogen-bond acceptors (Lipinski definition) is 5. The van der Waals surface area contributed by atoms with Gasteiger partial charge in [0.05, 0.1) is 13.2 Å². The van der Waals surface area contributed by atoms with Gasteiger partial charge in [-0.05, 0) is 54.7 Å². The number of nitrogens with one attached hydrogen (secondary N) is 1. The van der Waals surface area contributed by atoms with E-state index >= 15 is 0 Å². The molecule has 1 aliphatic rings. The zero-order valence-electron chi connectivity index (χ0n) is 15.0. The highest BCUT2D eigenvalue weighted by Gasteiger charge is 2.21. The Morgan fingerprint density at radius 1 is 1.33 bits per heavy atom. The second kappa shape index (κ2) is 9.82. The number of amides is 1. The molecule has 1 amide bonds. The fourth-order valence-corrected chi connectivity index (χ4v) is 3.21. The Labute approximate surface area is 162 Å². The van der Waals surface area contributed by atoms with Crippen molar-refractivity contribution in [3.05, 3.63) is 59.0 Å². The van der Waals surface area contributed by atoms with Crippen LogP contribution in [0.3, 0.4) is 0 Å². The first kappa shape index (κ1) is 19.8. The molecular weight excluding hydrogens is 367 g/mol. The average molecular weight is 390 g/mol. The van der Waals surface area contributed by atoms with Gasteiger partial charge in [0, 0.05) is 35.4 Å². The fraction of sp³-hybridized carbons (Fsp3) is 0.400. The highest BCUT2D eigenvalue weighted by molar-refractivity contribution is 7.98. The molecule has 5 nitrogen and oxygen atoms in total. The normalized spacial score (nSPS) is 13.6. The second-order valence-corrected chi connectivity index (χ2v) is 7.65. The smallest absolute Gasteiger partial charge is 0.256 e. The molecule has 0 spiro atoms. The maximum atomic E-state index is 14.0. The van der Waals surface area contributed by atoms with Crippen LogP contribution in [0.15, 0.2) is 36.5 Å². The summed E-state index contributed by atoms with van der Waals surface area (Å²) in [5, 5.41) is 11.6. The van der Waals surface area contributed by atoms with E-state index in [2.05, 4.69) is 10.3 Å². The summed E-state index contributed by atoms with van der Waals surface area (Å²) in [5.74, 6) is 1.72. The highest BCUT2D eigenvalue weighted by Crippen LogP contribution is 2.29. The number of rotatable bonds is 10. The second-order valence-electron chi connectivity index (χ2n) is 6.54. The zero-order valence-corrected chi connectivity index (χ0v) is 15.8. The van der Waals surface area contributed by atoms with E-state index in [9.17, 15) is 9.18 Å². The number of pyridine rings is 1. The molecule has 2 N–H and O–H groups in total. The average Bonchev–Trinajstić information content (AvgIpc) is 3.48. The van der Waals surface area contributed by atoms with Crippen LogP contribution in [0.5, 0.6) is 0 Å². The molecule has 1 aliphatic carbocycles. The van der Waals surface area contributed by atoms with Crippen molar-refractivity contribution in [2.75, 3.05) is 24.3 Å². The Bertz CT molecular complexity index is 784. The van der Waals surface area contributed by atoms with Gasteiger partial charge in [-0.1, -0.05) is 0 Å². The molecule has 0 radical (unpaired) electrons. The molecule has 7 heteroatoms. The van der Waals surface area contributed by atoms with Crippen LogP contribution >= 0.6 is 11.8 Å². The largest absolute Gasteiger partial charge is 0.396 e. The third kappa shape index (κ3) is 6.30. The van der Waals surface area contributed by atoms with Crippen molar-refractivity contribution in [3.8, 4) is 0 Å². The molecule has 1 aromatic carbocycles. The minimum atomic E-state index is -0.372. The fourth-order valence-electron chi connectivity index (χ4n) is 2.52. The number of carbonyl (C=O) groups is 1. The number of halogens is 1. The number of aliphatic hydroxyl groups is 1. The lowest BCUT2D eigenvalue weighted by Crippen LogP contribution is -2.14. The number of benzene rings is 1. The third-order valence-electron chi connectivity index (χ3n) is 4.19. The van der Waals surface area contributed by atoms with Crippen LogP contribution in [-0.2, 0) is 17.1 Å². The van der Waals surface area contributed by atoms with Crippen LogP contribution in [0, 0.1) is 11.7 Å². The van der Waals surface area contributed by atoms with Crippen LogP contribution in [0.25, 0.3) is 0 Å². The summed E-state index contributed by atoms with van der Waals surface area (Å²) in [6, 6.07) is 7.94. The van der Waals surface area contributed by atoms with E-state index < -0.39 is 0 Å². The molecule has 0 bridgehead atoms. The summed E-state index contributed by atoms with van der Waals surface area (Å²) >= 11 is 1.60. The van der Waals surface area contributed by atoms with Gasteiger partial charge in [-0.25, -0.2) is 9.37 Å². The molecule has 0 unspecified atom stereocenters. The molecule has 27 heavy (non-hydrogen) atoms. The van der Waals surface area contributed by atoms with Crippen LogP contribution in [-0.4, -0.2) is 35.0 Å². The first-order valence-corrected chi connectivity index (χ1v) is 10.1. The summed E-state index contributed by atoms with van der Waals surface area (Å²) in [5.41, 5.74) is 1.75. The minimum absolute atomic E-state index is 0.136.